The number of rotatable bonds is 6. The number of hydrogen-bond acceptors (Lipinski definition) is 6. The van der Waals surface area contributed by atoms with Crippen LogP contribution in [0.3, 0.4) is 0 Å². The normalized spacial score (nSPS) is 21.9. The number of methoxy groups -OCH3 is 1. The van der Waals surface area contributed by atoms with Crippen molar-refractivity contribution in [2.24, 2.45) is 0 Å². The highest BCUT2D eigenvalue weighted by atomic mass is 16.5. The Morgan fingerprint density at radius 1 is 1.59 bits per heavy atom. The van der Waals surface area contributed by atoms with E-state index >= 15 is 0 Å². The first-order chi connectivity index (χ1) is 8.29. The molecule has 1 N–H and O–H groups in total. The predicted molar refractivity (Wildman–Crippen MR) is 60.3 cm³/mol. The summed E-state index contributed by atoms with van der Waals surface area (Å²) in [6, 6.07) is 0.301. The Morgan fingerprint density at radius 2 is 2.47 bits per heavy atom. The lowest BCUT2D eigenvalue weighted by Crippen LogP contribution is -2.36. The van der Waals surface area contributed by atoms with Crippen LogP contribution in [0.15, 0.2) is 4.52 Å². The largest absolute Gasteiger partial charge is 0.377 e. The maximum atomic E-state index is 5.60. The molecule has 0 aromatic carbocycles. The summed E-state index contributed by atoms with van der Waals surface area (Å²) in [4.78, 5) is 4.19. The molecule has 0 aliphatic carbocycles. The second-order valence-electron chi connectivity index (χ2n) is 4.26. The highest BCUT2D eigenvalue weighted by molar-refractivity contribution is 4.85. The molecule has 2 rings (SSSR count). The first-order valence-corrected chi connectivity index (χ1v) is 5.95. The molecule has 2 atom stereocenters. The number of aromatic nitrogens is 2. The standard InChI is InChI=1S/C11H19N3O3/c1-8(9-4-3-5-16-9)12-6-11-13-10(7-15-2)14-17-11/h8-9,12H,3-7H2,1-2H3/t8-,9+/m1/s1. The molecule has 0 spiro atoms. The summed E-state index contributed by atoms with van der Waals surface area (Å²) < 4.78 is 15.6. The van der Waals surface area contributed by atoms with Gasteiger partial charge in [-0.15, -0.1) is 0 Å². The fourth-order valence-electron chi connectivity index (χ4n) is 1.93. The smallest absolute Gasteiger partial charge is 0.240 e. The van der Waals surface area contributed by atoms with E-state index < -0.39 is 0 Å². The molecular formula is C11H19N3O3. The molecule has 1 aromatic heterocycles. The molecular weight excluding hydrogens is 222 g/mol. The second kappa shape index (κ2) is 6.09. The predicted octanol–water partition coefficient (Wildman–Crippen LogP) is 0.873. The van der Waals surface area contributed by atoms with E-state index in [4.69, 9.17) is 14.0 Å². The van der Waals surface area contributed by atoms with Crippen LogP contribution in [0, 0.1) is 0 Å². The fraction of sp³-hybridized carbons (Fsp3) is 0.818. The monoisotopic (exact) mass is 241 g/mol. The molecule has 1 aliphatic heterocycles. The number of ether oxygens (including phenoxy) is 2. The van der Waals surface area contributed by atoms with Gasteiger partial charge in [0, 0.05) is 19.8 Å². The van der Waals surface area contributed by atoms with E-state index in [1.54, 1.807) is 7.11 Å². The average molecular weight is 241 g/mol. The van der Waals surface area contributed by atoms with E-state index in [0.29, 0.717) is 37.0 Å². The van der Waals surface area contributed by atoms with Gasteiger partial charge in [-0.2, -0.15) is 4.98 Å². The van der Waals surface area contributed by atoms with Crippen LogP contribution in [0.2, 0.25) is 0 Å². The van der Waals surface area contributed by atoms with Gasteiger partial charge in [0.05, 0.1) is 12.6 Å². The average Bonchev–Trinajstić information content (AvgIpc) is 2.97. The molecule has 1 aliphatic rings. The van der Waals surface area contributed by atoms with Crippen molar-refractivity contribution in [2.75, 3.05) is 13.7 Å². The van der Waals surface area contributed by atoms with Crippen molar-refractivity contribution >= 4 is 0 Å². The Morgan fingerprint density at radius 3 is 3.18 bits per heavy atom. The lowest BCUT2D eigenvalue weighted by molar-refractivity contribution is 0.0822. The molecule has 6 nitrogen and oxygen atoms in total. The summed E-state index contributed by atoms with van der Waals surface area (Å²) in [5.41, 5.74) is 0. The zero-order valence-electron chi connectivity index (χ0n) is 10.3. The first-order valence-electron chi connectivity index (χ1n) is 5.95. The molecule has 2 heterocycles. The topological polar surface area (TPSA) is 69.4 Å². The van der Waals surface area contributed by atoms with E-state index in [9.17, 15) is 0 Å². The highest BCUT2D eigenvalue weighted by Gasteiger charge is 2.22. The van der Waals surface area contributed by atoms with Gasteiger partial charge >= 0.3 is 0 Å². The Kier molecular flexibility index (Phi) is 4.47. The summed E-state index contributed by atoms with van der Waals surface area (Å²) >= 11 is 0. The third-order valence-electron chi connectivity index (χ3n) is 2.88. The van der Waals surface area contributed by atoms with Gasteiger partial charge in [-0.05, 0) is 19.8 Å². The molecule has 17 heavy (non-hydrogen) atoms. The van der Waals surface area contributed by atoms with E-state index in [-0.39, 0.29) is 0 Å². The van der Waals surface area contributed by atoms with Crippen LogP contribution in [0.1, 0.15) is 31.5 Å². The highest BCUT2D eigenvalue weighted by Crippen LogP contribution is 2.15. The van der Waals surface area contributed by atoms with Crippen molar-refractivity contribution in [1.29, 1.82) is 0 Å². The molecule has 0 amide bonds. The van der Waals surface area contributed by atoms with Crippen LogP contribution >= 0.6 is 0 Å². The Bertz CT molecular complexity index is 336. The van der Waals surface area contributed by atoms with Gasteiger partial charge in [-0.25, -0.2) is 0 Å². The van der Waals surface area contributed by atoms with Crippen molar-refractivity contribution in [3.63, 3.8) is 0 Å². The van der Waals surface area contributed by atoms with Gasteiger partial charge in [0.2, 0.25) is 5.89 Å². The Labute approximate surface area is 101 Å². The van der Waals surface area contributed by atoms with Crippen LogP contribution in [-0.2, 0) is 22.6 Å². The fourth-order valence-corrected chi connectivity index (χ4v) is 1.93. The molecule has 0 saturated carbocycles. The number of nitrogens with zero attached hydrogens (tertiary/aromatic N) is 2. The van der Waals surface area contributed by atoms with Gasteiger partial charge in [-0.1, -0.05) is 5.16 Å². The molecule has 1 aromatic rings. The minimum absolute atomic E-state index is 0.301. The second-order valence-corrected chi connectivity index (χ2v) is 4.26. The van der Waals surface area contributed by atoms with E-state index in [0.717, 1.165) is 19.4 Å². The summed E-state index contributed by atoms with van der Waals surface area (Å²) in [7, 11) is 1.60. The summed E-state index contributed by atoms with van der Waals surface area (Å²) in [6.07, 6.45) is 2.57. The molecule has 96 valence electrons. The quantitative estimate of drug-likeness (QED) is 0.797. The van der Waals surface area contributed by atoms with Gasteiger partial charge < -0.3 is 19.3 Å². The van der Waals surface area contributed by atoms with E-state index in [1.165, 1.54) is 0 Å². The van der Waals surface area contributed by atoms with Crippen molar-refractivity contribution in [1.82, 2.24) is 15.5 Å². The Hall–Kier alpha value is -0.980. The summed E-state index contributed by atoms with van der Waals surface area (Å²) in [5.74, 6) is 1.16. The maximum Gasteiger partial charge on any atom is 0.240 e. The molecule has 0 unspecified atom stereocenters. The van der Waals surface area contributed by atoms with E-state index in [2.05, 4.69) is 22.4 Å². The van der Waals surface area contributed by atoms with Gasteiger partial charge in [0.15, 0.2) is 5.82 Å². The SMILES string of the molecule is COCc1noc(CN[C@H](C)[C@@H]2CCCO2)n1. The van der Waals surface area contributed by atoms with Gasteiger partial charge in [0.25, 0.3) is 0 Å². The van der Waals surface area contributed by atoms with Crippen molar-refractivity contribution in [3.05, 3.63) is 11.7 Å². The van der Waals surface area contributed by atoms with Crippen LogP contribution < -0.4 is 5.32 Å². The van der Waals surface area contributed by atoms with Crippen LogP contribution in [-0.4, -0.2) is 36.0 Å². The van der Waals surface area contributed by atoms with Gasteiger partial charge in [0.1, 0.15) is 6.61 Å². The number of hydrogen-bond donors (Lipinski definition) is 1. The van der Waals surface area contributed by atoms with E-state index in [1.807, 2.05) is 0 Å². The molecule has 0 radical (unpaired) electrons. The lowest BCUT2D eigenvalue weighted by atomic mass is 10.1. The Balaban J connectivity index is 1.76. The molecule has 6 heteroatoms. The molecule has 1 fully saturated rings. The minimum Gasteiger partial charge on any atom is -0.377 e. The van der Waals surface area contributed by atoms with Crippen molar-refractivity contribution < 1.29 is 14.0 Å². The first kappa shape index (κ1) is 12.5. The third kappa shape index (κ3) is 3.49. The third-order valence-corrected chi connectivity index (χ3v) is 2.88. The lowest BCUT2D eigenvalue weighted by Gasteiger charge is -2.18. The van der Waals surface area contributed by atoms with Crippen LogP contribution in [0.5, 0.6) is 0 Å². The summed E-state index contributed by atoms with van der Waals surface area (Å²) in [6.45, 7) is 3.93. The maximum absolute atomic E-state index is 5.60. The van der Waals surface area contributed by atoms with Gasteiger partial charge in [-0.3, -0.25) is 0 Å². The van der Waals surface area contributed by atoms with Crippen molar-refractivity contribution in [3.8, 4) is 0 Å². The van der Waals surface area contributed by atoms with Crippen LogP contribution in [0.25, 0.3) is 0 Å². The van der Waals surface area contributed by atoms with Crippen LogP contribution in [0.4, 0.5) is 0 Å². The number of nitrogens with one attached hydrogen (secondary N) is 1. The molecule has 1 saturated heterocycles. The minimum atomic E-state index is 0.301. The zero-order chi connectivity index (χ0) is 12.1. The summed E-state index contributed by atoms with van der Waals surface area (Å²) in [5, 5.41) is 7.13. The molecule has 0 bridgehead atoms. The zero-order valence-corrected chi connectivity index (χ0v) is 10.3. The van der Waals surface area contributed by atoms with Crippen molar-refractivity contribution in [2.45, 2.75) is 45.1 Å².